The summed E-state index contributed by atoms with van der Waals surface area (Å²) >= 11 is 0. The molecule has 90 valence electrons. The summed E-state index contributed by atoms with van der Waals surface area (Å²) in [7, 11) is 1.91. The lowest BCUT2D eigenvalue weighted by Gasteiger charge is -2.30. The Morgan fingerprint density at radius 3 is 2.81 bits per heavy atom. The molecular weight excluding hydrogens is 200 g/mol. The molecule has 3 unspecified atom stereocenters. The van der Waals surface area contributed by atoms with Crippen molar-refractivity contribution in [1.29, 1.82) is 0 Å². The van der Waals surface area contributed by atoms with Gasteiger partial charge in [-0.3, -0.25) is 4.68 Å². The lowest BCUT2D eigenvalue weighted by atomic mass is 9.78. The summed E-state index contributed by atoms with van der Waals surface area (Å²) in [4.78, 5) is 0. The molecule has 0 saturated heterocycles. The standard InChI is InChI=1S/C13H22N2O/c1-9-5-4-6-11(7-9)13(16)12-8-15(3)14-10(12)2/h8-9,11,13,16H,4-7H2,1-3H3. The van der Waals surface area contributed by atoms with Gasteiger partial charge in [0.25, 0.3) is 0 Å². The van der Waals surface area contributed by atoms with Crippen molar-refractivity contribution in [2.45, 2.75) is 45.6 Å². The SMILES string of the molecule is Cc1nn(C)cc1C(O)C1CCCC(C)C1. The zero-order chi connectivity index (χ0) is 11.7. The lowest BCUT2D eigenvalue weighted by Crippen LogP contribution is -2.20. The van der Waals surface area contributed by atoms with Crippen molar-refractivity contribution < 1.29 is 5.11 Å². The van der Waals surface area contributed by atoms with Crippen LogP contribution >= 0.6 is 0 Å². The van der Waals surface area contributed by atoms with Gasteiger partial charge in [-0.15, -0.1) is 0 Å². The van der Waals surface area contributed by atoms with Crippen molar-refractivity contribution in [3.63, 3.8) is 0 Å². The topological polar surface area (TPSA) is 38.0 Å². The van der Waals surface area contributed by atoms with Crippen LogP contribution in [-0.4, -0.2) is 14.9 Å². The molecule has 1 aromatic heterocycles. The van der Waals surface area contributed by atoms with Crippen LogP contribution in [0.3, 0.4) is 0 Å². The molecule has 3 heteroatoms. The average Bonchev–Trinajstić information content (AvgIpc) is 2.57. The number of rotatable bonds is 2. The summed E-state index contributed by atoms with van der Waals surface area (Å²) in [5.74, 6) is 1.18. The molecule has 0 bridgehead atoms. The Hall–Kier alpha value is -0.830. The van der Waals surface area contributed by atoms with Crippen molar-refractivity contribution >= 4 is 0 Å². The van der Waals surface area contributed by atoms with Crippen LogP contribution in [0.4, 0.5) is 0 Å². The summed E-state index contributed by atoms with van der Waals surface area (Å²) in [6.07, 6.45) is 6.50. The molecule has 1 fully saturated rings. The van der Waals surface area contributed by atoms with Crippen LogP contribution in [0.1, 0.15) is 50.0 Å². The predicted molar refractivity (Wildman–Crippen MR) is 64.0 cm³/mol. The Labute approximate surface area is 97.5 Å². The number of aromatic nitrogens is 2. The number of aliphatic hydroxyl groups excluding tert-OH is 1. The van der Waals surface area contributed by atoms with Gasteiger partial charge in [0.2, 0.25) is 0 Å². The normalized spacial score (nSPS) is 28.0. The zero-order valence-electron chi connectivity index (χ0n) is 10.5. The molecule has 1 aromatic rings. The van der Waals surface area contributed by atoms with Gasteiger partial charge in [-0.1, -0.05) is 19.8 Å². The van der Waals surface area contributed by atoms with Gasteiger partial charge in [0.1, 0.15) is 0 Å². The number of hydrogen-bond donors (Lipinski definition) is 1. The maximum absolute atomic E-state index is 10.4. The van der Waals surface area contributed by atoms with Crippen molar-refractivity contribution in [3.8, 4) is 0 Å². The van der Waals surface area contributed by atoms with Gasteiger partial charge in [-0.05, 0) is 31.6 Å². The van der Waals surface area contributed by atoms with E-state index in [0.717, 1.165) is 30.0 Å². The maximum atomic E-state index is 10.4. The van der Waals surface area contributed by atoms with Gasteiger partial charge in [-0.25, -0.2) is 0 Å². The van der Waals surface area contributed by atoms with Crippen LogP contribution < -0.4 is 0 Å². The second-order valence-corrected chi connectivity index (χ2v) is 5.32. The van der Waals surface area contributed by atoms with Gasteiger partial charge < -0.3 is 5.11 Å². The predicted octanol–water partition coefficient (Wildman–Crippen LogP) is 2.59. The highest BCUT2D eigenvalue weighted by atomic mass is 16.3. The highest BCUT2D eigenvalue weighted by molar-refractivity contribution is 5.19. The smallest absolute Gasteiger partial charge is 0.0851 e. The quantitative estimate of drug-likeness (QED) is 0.835. The van der Waals surface area contributed by atoms with Crippen LogP contribution in [0.2, 0.25) is 0 Å². The summed E-state index contributed by atoms with van der Waals surface area (Å²) in [6.45, 7) is 4.26. The van der Waals surface area contributed by atoms with Crippen molar-refractivity contribution in [3.05, 3.63) is 17.5 Å². The van der Waals surface area contributed by atoms with E-state index in [4.69, 9.17) is 0 Å². The van der Waals surface area contributed by atoms with Gasteiger partial charge in [-0.2, -0.15) is 5.10 Å². The minimum Gasteiger partial charge on any atom is -0.388 e. The van der Waals surface area contributed by atoms with Crippen LogP contribution in [0.25, 0.3) is 0 Å². The second-order valence-electron chi connectivity index (χ2n) is 5.32. The van der Waals surface area contributed by atoms with E-state index in [9.17, 15) is 5.11 Å². The summed E-state index contributed by atoms with van der Waals surface area (Å²) in [6, 6.07) is 0. The third kappa shape index (κ3) is 2.29. The maximum Gasteiger partial charge on any atom is 0.0851 e. The molecule has 1 aliphatic rings. The van der Waals surface area contributed by atoms with Crippen molar-refractivity contribution in [1.82, 2.24) is 9.78 Å². The monoisotopic (exact) mass is 222 g/mol. The Kier molecular flexibility index (Phi) is 3.33. The van der Waals surface area contributed by atoms with E-state index < -0.39 is 0 Å². The fourth-order valence-electron chi connectivity index (χ4n) is 2.93. The van der Waals surface area contributed by atoms with E-state index >= 15 is 0 Å². The first-order valence-electron chi connectivity index (χ1n) is 6.26. The number of aliphatic hydroxyl groups is 1. The van der Waals surface area contributed by atoms with Gasteiger partial charge in [0.05, 0.1) is 11.8 Å². The Morgan fingerprint density at radius 1 is 1.50 bits per heavy atom. The molecule has 16 heavy (non-hydrogen) atoms. The number of hydrogen-bond acceptors (Lipinski definition) is 2. The van der Waals surface area contributed by atoms with Crippen LogP contribution in [0.15, 0.2) is 6.20 Å². The third-order valence-electron chi connectivity index (χ3n) is 3.79. The molecule has 3 atom stereocenters. The molecule has 1 saturated carbocycles. The lowest BCUT2D eigenvalue weighted by molar-refractivity contribution is 0.0709. The minimum atomic E-state index is -0.323. The van der Waals surface area contributed by atoms with Crippen LogP contribution in [0, 0.1) is 18.8 Å². The molecule has 1 N–H and O–H groups in total. The molecule has 1 heterocycles. The van der Waals surface area contributed by atoms with E-state index in [1.54, 1.807) is 4.68 Å². The Bertz CT molecular complexity index is 359. The zero-order valence-corrected chi connectivity index (χ0v) is 10.5. The number of nitrogens with zero attached hydrogens (tertiary/aromatic N) is 2. The molecular formula is C13H22N2O. The van der Waals surface area contributed by atoms with Gasteiger partial charge >= 0.3 is 0 Å². The molecule has 0 spiro atoms. The summed E-state index contributed by atoms with van der Waals surface area (Å²) in [5, 5.41) is 14.7. The van der Waals surface area contributed by atoms with E-state index in [-0.39, 0.29) is 6.10 Å². The fraction of sp³-hybridized carbons (Fsp3) is 0.769. The second kappa shape index (κ2) is 4.58. The molecule has 2 rings (SSSR count). The summed E-state index contributed by atoms with van der Waals surface area (Å²) in [5.41, 5.74) is 1.98. The third-order valence-corrected chi connectivity index (χ3v) is 3.79. The average molecular weight is 222 g/mol. The highest BCUT2D eigenvalue weighted by Crippen LogP contribution is 2.37. The molecule has 0 amide bonds. The highest BCUT2D eigenvalue weighted by Gasteiger charge is 2.28. The number of aryl methyl sites for hydroxylation is 2. The Balaban J connectivity index is 2.11. The molecule has 3 nitrogen and oxygen atoms in total. The molecule has 1 aliphatic carbocycles. The first-order chi connectivity index (χ1) is 7.58. The first-order valence-corrected chi connectivity index (χ1v) is 6.26. The van der Waals surface area contributed by atoms with Crippen molar-refractivity contribution in [2.24, 2.45) is 18.9 Å². The van der Waals surface area contributed by atoms with Gasteiger partial charge in [0.15, 0.2) is 0 Å². The summed E-state index contributed by atoms with van der Waals surface area (Å²) < 4.78 is 1.79. The van der Waals surface area contributed by atoms with Crippen LogP contribution in [0.5, 0.6) is 0 Å². The Morgan fingerprint density at radius 2 is 2.25 bits per heavy atom. The minimum absolute atomic E-state index is 0.323. The molecule has 0 aromatic carbocycles. The van der Waals surface area contributed by atoms with E-state index in [1.165, 1.54) is 12.8 Å². The van der Waals surface area contributed by atoms with Gasteiger partial charge in [0, 0.05) is 18.8 Å². The van der Waals surface area contributed by atoms with E-state index in [1.807, 2.05) is 20.2 Å². The molecule has 0 radical (unpaired) electrons. The first kappa shape index (κ1) is 11.6. The largest absolute Gasteiger partial charge is 0.388 e. The van der Waals surface area contributed by atoms with Crippen molar-refractivity contribution in [2.75, 3.05) is 0 Å². The molecule has 0 aliphatic heterocycles. The van der Waals surface area contributed by atoms with E-state index in [2.05, 4.69) is 12.0 Å². The fourth-order valence-corrected chi connectivity index (χ4v) is 2.93. The van der Waals surface area contributed by atoms with E-state index in [0.29, 0.717) is 5.92 Å². The van der Waals surface area contributed by atoms with Crippen LogP contribution in [-0.2, 0) is 7.05 Å².